The Morgan fingerprint density at radius 3 is 2.08 bits per heavy atom. The van der Waals surface area contributed by atoms with Crippen LogP contribution in [0.15, 0.2) is 102 Å². The second-order valence-electron chi connectivity index (χ2n) is 9.54. The summed E-state index contributed by atoms with van der Waals surface area (Å²) in [5, 5.41) is 14.5. The van der Waals surface area contributed by atoms with Crippen molar-refractivity contribution in [1.82, 2.24) is 9.55 Å². The average molecular weight is 530 g/mol. The van der Waals surface area contributed by atoms with Crippen LogP contribution in [-0.2, 0) is 9.47 Å². The Labute approximate surface area is 222 Å². The summed E-state index contributed by atoms with van der Waals surface area (Å²) in [6, 6.07) is 28.6. The third kappa shape index (κ3) is 4.44. The highest BCUT2D eigenvalue weighted by atomic mass is 19.3. The number of anilines is 1. The summed E-state index contributed by atoms with van der Waals surface area (Å²) in [6.07, 6.45) is -5.27. The van der Waals surface area contributed by atoms with E-state index in [2.05, 4.69) is 4.98 Å². The maximum Gasteiger partial charge on any atom is 0.351 e. The molecule has 5 aromatic rings. The first-order chi connectivity index (χ1) is 18.8. The van der Waals surface area contributed by atoms with Crippen LogP contribution < -0.4 is 11.4 Å². The van der Waals surface area contributed by atoms with E-state index in [0.717, 1.165) is 38.9 Å². The summed E-state index contributed by atoms with van der Waals surface area (Å²) in [5.41, 5.74) is 6.19. The van der Waals surface area contributed by atoms with Crippen LogP contribution in [0.25, 0.3) is 21.5 Å². The molecule has 3 atom stereocenters. The van der Waals surface area contributed by atoms with Crippen LogP contribution in [0, 0.1) is 0 Å². The van der Waals surface area contributed by atoms with E-state index in [0.29, 0.717) is 4.57 Å². The number of aliphatic hydroxyl groups excluding tert-OH is 1. The van der Waals surface area contributed by atoms with Crippen LogP contribution >= 0.6 is 0 Å². The van der Waals surface area contributed by atoms with Crippen LogP contribution in [0.2, 0.25) is 0 Å². The summed E-state index contributed by atoms with van der Waals surface area (Å²) in [5.74, 6) is -3.88. The van der Waals surface area contributed by atoms with Gasteiger partial charge in [-0.1, -0.05) is 84.9 Å². The summed E-state index contributed by atoms with van der Waals surface area (Å²) >= 11 is 0. The maximum absolute atomic E-state index is 15.2. The van der Waals surface area contributed by atoms with Gasteiger partial charge in [-0.05, 0) is 38.7 Å². The fourth-order valence-electron chi connectivity index (χ4n) is 5.21. The number of hydrogen-bond acceptors (Lipinski definition) is 6. The molecule has 0 aliphatic carbocycles. The number of nitrogen functional groups attached to an aromatic ring is 1. The molecule has 198 valence electrons. The van der Waals surface area contributed by atoms with E-state index in [4.69, 9.17) is 15.2 Å². The Bertz CT molecular complexity index is 1630. The van der Waals surface area contributed by atoms with Crippen LogP contribution in [0.4, 0.5) is 14.6 Å². The maximum atomic E-state index is 15.2. The number of fused-ring (bicyclic) bond motifs is 2. The SMILES string of the molecule is Nc1ccn([C@@H]2O[C@H](COC(c3cccc4ccccc34)c3cccc4ccccc34)C(O)C2(F)F)c(=O)n1. The number of hydrogen-bond donors (Lipinski definition) is 2. The second-order valence-corrected chi connectivity index (χ2v) is 9.54. The monoisotopic (exact) mass is 529 g/mol. The molecule has 1 saturated heterocycles. The number of halogens is 2. The predicted octanol–water partition coefficient (Wildman–Crippen LogP) is 4.83. The number of alkyl halides is 2. The molecular formula is C30H25F2N3O4. The molecular weight excluding hydrogens is 504 g/mol. The molecule has 4 aromatic carbocycles. The number of rotatable bonds is 6. The minimum absolute atomic E-state index is 0.106. The Kier molecular flexibility index (Phi) is 6.34. The number of ether oxygens (including phenoxy) is 2. The summed E-state index contributed by atoms with van der Waals surface area (Å²) in [4.78, 5) is 15.8. The first-order valence-electron chi connectivity index (χ1n) is 12.5. The van der Waals surface area contributed by atoms with E-state index in [-0.39, 0.29) is 12.4 Å². The number of aliphatic hydroxyl groups is 1. The lowest BCUT2D eigenvalue weighted by Crippen LogP contribution is -2.42. The Balaban J connectivity index is 1.38. The van der Waals surface area contributed by atoms with Crippen LogP contribution in [0.1, 0.15) is 23.5 Å². The molecule has 7 nitrogen and oxygen atoms in total. The van der Waals surface area contributed by atoms with Crippen molar-refractivity contribution >= 4 is 27.4 Å². The highest BCUT2D eigenvalue weighted by Gasteiger charge is 2.59. The molecule has 0 bridgehead atoms. The van der Waals surface area contributed by atoms with Crippen molar-refractivity contribution in [3.63, 3.8) is 0 Å². The van der Waals surface area contributed by atoms with Gasteiger partial charge in [0.2, 0.25) is 6.23 Å². The molecule has 2 heterocycles. The van der Waals surface area contributed by atoms with Crippen molar-refractivity contribution in [3.8, 4) is 0 Å². The van der Waals surface area contributed by atoms with Crippen molar-refractivity contribution in [2.24, 2.45) is 0 Å². The Morgan fingerprint density at radius 1 is 0.923 bits per heavy atom. The number of nitrogens with zero attached hydrogens (tertiary/aromatic N) is 2. The van der Waals surface area contributed by atoms with Crippen molar-refractivity contribution in [1.29, 1.82) is 0 Å². The smallest absolute Gasteiger partial charge is 0.351 e. The molecule has 6 rings (SSSR count). The summed E-state index contributed by atoms with van der Waals surface area (Å²) in [7, 11) is 0. The molecule has 1 aliphatic rings. The van der Waals surface area contributed by atoms with E-state index in [9.17, 15) is 9.90 Å². The Hall–Kier alpha value is -4.18. The van der Waals surface area contributed by atoms with Gasteiger partial charge in [0, 0.05) is 6.20 Å². The van der Waals surface area contributed by atoms with Gasteiger partial charge in [0.05, 0.1) is 6.61 Å². The van der Waals surface area contributed by atoms with Gasteiger partial charge in [0.15, 0.2) is 6.10 Å². The van der Waals surface area contributed by atoms with Gasteiger partial charge in [0.25, 0.3) is 0 Å². The molecule has 1 aliphatic heterocycles. The lowest BCUT2D eigenvalue weighted by Gasteiger charge is -2.24. The summed E-state index contributed by atoms with van der Waals surface area (Å²) < 4.78 is 42.9. The van der Waals surface area contributed by atoms with Crippen LogP contribution in [-0.4, -0.2) is 39.4 Å². The van der Waals surface area contributed by atoms with Gasteiger partial charge < -0.3 is 20.3 Å². The molecule has 1 aromatic heterocycles. The minimum Gasteiger partial charge on any atom is -0.384 e. The molecule has 1 unspecified atom stereocenters. The Morgan fingerprint density at radius 2 is 1.49 bits per heavy atom. The summed E-state index contributed by atoms with van der Waals surface area (Å²) in [6.45, 7) is -0.360. The van der Waals surface area contributed by atoms with Crippen molar-refractivity contribution in [2.45, 2.75) is 30.5 Å². The third-order valence-corrected chi connectivity index (χ3v) is 7.12. The first kappa shape index (κ1) is 25.1. The molecule has 0 radical (unpaired) electrons. The highest BCUT2D eigenvalue weighted by molar-refractivity contribution is 5.89. The van der Waals surface area contributed by atoms with Crippen molar-refractivity contribution in [3.05, 3.63) is 119 Å². The zero-order valence-corrected chi connectivity index (χ0v) is 20.7. The second kappa shape index (κ2) is 9.85. The molecule has 9 heteroatoms. The molecule has 3 N–H and O–H groups in total. The zero-order valence-electron chi connectivity index (χ0n) is 20.7. The predicted molar refractivity (Wildman–Crippen MR) is 143 cm³/mol. The van der Waals surface area contributed by atoms with Gasteiger partial charge >= 0.3 is 11.6 Å². The molecule has 1 fully saturated rings. The number of benzene rings is 4. The number of nitrogens with two attached hydrogens (primary N) is 1. The van der Waals surface area contributed by atoms with E-state index in [1.807, 2.05) is 84.9 Å². The fourth-order valence-corrected chi connectivity index (χ4v) is 5.21. The van der Waals surface area contributed by atoms with Gasteiger partial charge in [-0.2, -0.15) is 13.8 Å². The highest BCUT2D eigenvalue weighted by Crippen LogP contribution is 2.43. The van der Waals surface area contributed by atoms with E-state index in [1.165, 1.54) is 6.07 Å². The van der Waals surface area contributed by atoms with E-state index in [1.54, 1.807) is 0 Å². The number of aromatic nitrogens is 2. The van der Waals surface area contributed by atoms with Crippen molar-refractivity contribution < 1.29 is 23.4 Å². The zero-order chi connectivity index (χ0) is 27.1. The van der Waals surface area contributed by atoms with E-state index >= 15 is 8.78 Å². The standard InChI is InChI=1S/C30H25F2N3O4/c31-30(32)27(36)24(39-28(30)35-16-15-25(33)34-29(35)37)17-38-26(22-13-5-9-18-7-1-3-11-20(18)22)23-14-6-10-19-8-2-4-12-21(19)23/h1-16,24,26-28,36H,17H2,(H2,33,34,37)/t24-,27?,28-/m1/s1. The van der Waals surface area contributed by atoms with Gasteiger partial charge in [-0.25, -0.2) is 4.79 Å². The molecule has 39 heavy (non-hydrogen) atoms. The molecule has 0 amide bonds. The van der Waals surface area contributed by atoms with Crippen LogP contribution in [0.3, 0.4) is 0 Å². The fraction of sp³-hybridized carbons (Fsp3) is 0.200. The van der Waals surface area contributed by atoms with E-state index < -0.39 is 36.2 Å². The quantitative estimate of drug-likeness (QED) is 0.327. The van der Waals surface area contributed by atoms with Gasteiger partial charge in [-0.15, -0.1) is 0 Å². The van der Waals surface area contributed by atoms with Gasteiger partial charge in [-0.3, -0.25) is 4.57 Å². The lowest BCUT2D eigenvalue weighted by molar-refractivity contribution is -0.141. The third-order valence-electron chi connectivity index (χ3n) is 7.12. The molecule has 0 spiro atoms. The normalized spacial score (nSPS) is 20.7. The largest absolute Gasteiger partial charge is 0.384 e. The molecule has 0 saturated carbocycles. The minimum atomic E-state index is -3.77. The van der Waals surface area contributed by atoms with Gasteiger partial charge in [0.1, 0.15) is 18.0 Å². The van der Waals surface area contributed by atoms with Crippen LogP contribution in [0.5, 0.6) is 0 Å². The lowest BCUT2D eigenvalue weighted by atomic mass is 9.92. The first-order valence-corrected chi connectivity index (χ1v) is 12.5. The topological polar surface area (TPSA) is 99.6 Å². The average Bonchev–Trinajstić information content (AvgIpc) is 3.17. The van der Waals surface area contributed by atoms with Crippen molar-refractivity contribution in [2.75, 3.05) is 12.3 Å².